The minimum atomic E-state index is -0.377. The molecule has 0 spiro atoms. The minimum absolute atomic E-state index is 0.197. The van der Waals surface area contributed by atoms with Crippen LogP contribution in [-0.2, 0) is 14.3 Å². The first kappa shape index (κ1) is 24.1. The van der Waals surface area contributed by atoms with Gasteiger partial charge in [0.2, 0.25) is 0 Å². The van der Waals surface area contributed by atoms with Crippen LogP contribution in [-0.4, -0.2) is 33.0 Å². The zero-order valence-corrected chi connectivity index (χ0v) is 14.9. The first-order valence-corrected chi connectivity index (χ1v) is 7.32. The van der Waals surface area contributed by atoms with E-state index in [9.17, 15) is 9.59 Å². The number of methoxy groups -OCH3 is 1. The maximum Gasteiger partial charge on any atom is 0.306 e. The molecule has 1 N–H and O–H groups in total. The first-order valence-electron chi connectivity index (χ1n) is 7.32. The van der Waals surface area contributed by atoms with Crippen molar-refractivity contribution in [2.24, 2.45) is 10.8 Å². The molecule has 0 atom stereocenters. The topological polar surface area (TPSA) is 55.4 Å². The van der Waals surface area contributed by atoms with E-state index in [0.29, 0.717) is 12.8 Å². The quantitative estimate of drug-likeness (QED) is 0.601. The fourth-order valence-corrected chi connectivity index (χ4v) is 1.80. The second-order valence-corrected chi connectivity index (χ2v) is 5.91. The van der Waals surface area contributed by atoms with E-state index in [1.54, 1.807) is 0 Å². The number of nitrogens with one attached hydrogen (secondary N) is 1. The van der Waals surface area contributed by atoms with Crippen molar-refractivity contribution >= 4 is 12.3 Å². The third-order valence-corrected chi connectivity index (χ3v) is 2.46. The summed E-state index contributed by atoms with van der Waals surface area (Å²) in [6, 6.07) is 0. The molecule has 0 amide bonds. The highest BCUT2D eigenvalue weighted by atomic mass is 16.5. The highest BCUT2D eigenvalue weighted by Gasteiger charge is 2.30. The first-order chi connectivity index (χ1) is 9.14. The standard InChI is InChI=1S/C11H20O3.C3H9N.C2H6/c1-10(2,6-9(13)14-5)7-11(3,4)8-12;1-3-4-2;1-2/h8H,6-7H2,1-5H3;4H,3H2,1-2H3;1-2H3. The van der Waals surface area contributed by atoms with Gasteiger partial charge in [0, 0.05) is 5.41 Å². The molecule has 0 saturated heterocycles. The zero-order chi connectivity index (χ0) is 16.8. The Morgan fingerprint density at radius 1 is 1.20 bits per heavy atom. The van der Waals surface area contributed by atoms with E-state index in [-0.39, 0.29) is 16.8 Å². The van der Waals surface area contributed by atoms with Crippen LogP contribution in [0.4, 0.5) is 0 Å². The maximum absolute atomic E-state index is 11.1. The van der Waals surface area contributed by atoms with Crippen molar-refractivity contribution in [2.75, 3.05) is 20.7 Å². The largest absolute Gasteiger partial charge is 0.469 e. The molecule has 4 nitrogen and oxygen atoms in total. The van der Waals surface area contributed by atoms with E-state index < -0.39 is 0 Å². The summed E-state index contributed by atoms with van der Waals surface area (Å²) < 4.78 is 4.61. The van der Waals surface area contributed by atoms with Crippen molar-refractivity contribution in [3.05, 3.63) is 0 Å². The predicted molar refractivity (Wildman–Crippen MR) is 85.8 cm³/mol. The molecule has 20 heavy (non-hydrogen) atoms. The molecule has 0 bridgehead atoms. The molecule has 0 unspecified atom stereocenters. The number of esters is 1. The van der Waals surface area contributed by atoms with Gasteiger partial charge in [-0.2, -0.15) is 0 Å². The molecule has 0 heterocycles. The lowest BCUT2D eigenvalue weighted by Gasteiger charge is -2.30. The summed E-state index contributed by atoms with van der Waals surface area (Å²) in [6.07, 6.45) is 1.96. The lowest BCUT2D eigenvalue weighted by Crippen LogP contribution is -2.27. The van der Waals surface area contributed by atoms with Gasteiger partial charge in [0.1, 0.15) is 6.29 Å². The second kappa shape index (κ2) is 13.1. The molecule has 122 valence electrons. The number of rotatable bonds is 6. The van der Waals surface area contributed by atoms with Gasteiger partial charge in [0.25, 0.3) is 0 Å². The number of ether oxygens (including phenoxy) is 1. The van der Waals surface area contributed by atoms with Gasteiger partial charge in [-0.3, -0.25) is 4.79 Å². The number of carbonyl (C=O) groups is 2. The van der Waals surface area contributed by atoms with Crippen LogP contribution in [0.25, 0.3) is 0 Å². The van der Waals surface area contributed by atoms with Crippen LogP contribution in [0, 0.1) is 10.8 Å². The third kappa shape index (κ3) is 17.1. The lowest BCUT2D eigenvalue weighted by atomic mass is 9.74. The van der Waals surface area contributed by atoms with Crippen molar-refractivity contribution in [3.8, 4) is 0 Å². The van der Waals surface area contributed by atoms with Crippen LogP contribution < -0.4 is 5.32 Å². The monoisotopic (exact) mass is 289 g/mol. The van der Waals surface area contributed by atoms with E-state index in [0.717, 1.165) is 12.8 Å². The van der Waals surface area contributed by atoms with Gasteiger partial charge in [0.05, 0.1) is 13.5 Å². The number of hydrogen-bond donors (Lipinski definition) is 1. The molecule has 0 aliphatic rings. The zero-order valence-electron chi connectivity index (χ0n) is 14.9. The van der Waals surface area contributed by atoms with E-state index in [1.807, 2.05) is 48.6 Å². The molecule has 0 aromatic rings. The van der Waals surface area contributed by atoms with Crippen LogP contribution in [0.3, 0.4) is 0 Å². The lowest BCUT2D eigenvalue weighted by molar-refractivity contribution is -0.143. The molecule has 0 saturated carbocycles. The highest BCUT2D eigenvalue weighted by molar-refractivity contribution is 5.70. The average Bonchev–Trinajstić information content (AvgIpc) is 2.39. The molecule has 0 fully saturated rings. The Morgan fingerprint density at radius 3 is 1.85 bits per heavy atom. The Balaban J connectivity index is -0.000000410. The van der Waals surface area contributed by atoms with Gasteiger partial charge in [0.15, 0.2) is 0 Å². The Kier molecular flexibility index (Phi) is 15.8. The molecule has 0 aromatic heterocycles. The van der Waals surface area contributed by atoms with Crippen molar-refractivity contribution in [1.29, 1.82) is 0 Å². The molecular formula is C16H35NO3. The highest BCUT2D eigenvalue weighted by Crippen LogP contribution is 2.34. The summed E-state index contributed by atoms with van der Waals surface area (Å²) >= 11 is 0. The second-order valence-electron chi connectivity index (χ2n) is 5.91. The Morgan fingerprint density at radius 2 is 1.60 bits per heavy atom. The minimum Gasteiger partial charge on any atom is -0.469 e. The summed E-state index contributed by atoms with van der Waals surface area (Å²) in [5.74, 6) is -0.225. The van der Waals surface area contributed by atoms with Crippen LogP contribution >= 0.6 is 0 Å². The van der Waals surface area contributed by atoms with Crippen molar-refractivity contribution in [2.45, 2.75) is 61.3 Å². The number of aldehydes is 1. The predicted octanol–water partition coefficient (Wildman–Crippen LogP) is 3.44. The molecule has 0 aliphatic carbocycles. The van der Waals surface area contributed by atoms with Crippen molar-refractivity contribution in [1.82, 2.24) is 5.32 Å². The van der Waals surface area contributed by atoms with Crippen molar-refractivity contribution in [3.63, 3.8) is 0 Å². The molecule has 0 radical (unpaired) electrons. The van der Waals surface area contributed by atoms with Crippen LogP contribution in [0.5, 0.6) is 0 Å². The van der Waals surface area contributed by atoms with E-state index in [2.05, 4.69) is 17.0 Å². The maximum atomic E-state index is 11.1. The van der Waals surface area contributed by atoms with Gasteiger partial charge >= 0.3 is 5.97 Å². The van der Waals surface area contributed by atoms with Gasteiger partial charge in [-0.1, -0.05) is 48.5 Å². The molecule has 0 rings (SSSR count). The molecule has 4 heteroatoms. The number of hydrogen-bond acceptors (Lipinski definition) is 4. The van der Waals surface area contributed by atoms with E-state index in [1.165, 1.54) is 7.11 Å². The molecule has 0 aliphatic heterocycles. The molecule has 0 aromatic carbocycles. The van der Waals surface area contributed by atoms with Crippen LogP contribution in [0.2, 0.25) is 0 Å². The smallest absolute Gasteiger partial charge is 0.306 e. The Hall–Kier alpha value is -0.900. The summed E-state index contributed by atoms with van der Waals surface area (Å²) in [4.78, 5) is 21.8. The van der Waals surface area contributed by atoms with Crippen molar-refractivity contribution < 1.29 is 14.3 Å². The fourth-order valence-electron chi connectivity index (χ4n) is 1.80. The summed E-state index contributed by atoms with van der Waals surface area (Å²) in [7, 11) is 3.31. The third-order valence-electron chi connectivity index (χ3n) is 2.46. The summed E-state index contributed by atoms with van der Waals surface area (Å²) in [5.41, 5.74) is -0.574. The van der Waals surface area contributed by atoms with Crippen LogP contribution in [0.1, 0.15) is 61.3 Å². The summed E-state index contributed by atoms with van der Waals surface area (Å²) in [5, 5.41) is 2.93. The SMILES string of the molecule is CC.CCNC.COC(=O)CC(C)(C)CC(C)(C)C=O. The Labute approximate surface area is 125 Å². The number of carbonyl (C=O) groups excluding carboxylic acids is 2. The van der Waals surface area contributed by atoms with Gasteiger partial charge in [-0.25, -0.2) is 0 Å². The molecular weight excluding hydrogens is 254 g/mol. The van der Waals surface area contributed by atoms with Gasteiger partial charge in [-0.15, -0.1) is 0 Å². The van der Waals surface area contributed by atoms with E-state index >= 15 is 0 Å². The van der Waals surface area contributed by atoms with E-state index in [4.69, 9.17) is 0 Å². The fraction of sp³-hybridized carbons (Fsp3) is 0.875. The average molecular weight is 289 g/mol. The van der Waals surface area contributed by atoms with Gasteiger partial charge in [-0.05, 0) is 25.4 Å². The van der Waals surface area contributed by atoms with Crippen LogP contribution in [0.15, 0.2) is 0 Å². The van der Waals surface area contributed by atoms with Gasteiger partial charge < -0.3 is 14.8 Å². The normalized spacial score (nSPS) is 10.4. The summed E-state index contributed by atoms with van der Waals surface area (Å²) in [6.45, 7) is 14.8. The Bertz CT molecular complexity index is 246.